The van der Waals surface area contributed by atoms with Crippen LogP contribution >= 0.6 is 11.6 Å². The molecule has 1 amide bonds. The van der Waals surface area contributed by atoms with Crippen LogP contribution in [0.3, 0.4) is 0 Å². The van der Waals surface area contributed by atoms with Crippen LogP contribution in [0.15, 0.2) is 27.4 Å². The van der Waals surface area contributed by atoms with Crippen LogP contribution in [0.25, 0.3) is 11.0 Å². The van der Waals surface area contributed by atoms with E-state index in [-0.39, 0.29) is 17.5 Å². The maximum atomic E-state index is 12.9. The molecule has 2 saturated heterocycles. The van der Waals surface area contributed by atoms with E-state index in [4.69, 9.17) is 20.8 Å². The number of morpholine rings is 1. The summed E-state index contributed by atoms with van der Waals surface area (Å²) in [6.45, 7) is 6.71. The Hall–Kier alpha value is -1.89. The lowest BCUT2D eigenvalue weighted by atomic mass is 9.95. The number of amides is 1. The van der Waals surface area contributed by atoms with Gasteiger partial charge in [-0.1, -0.05) is 11.6 Å². The van der Waals surface area contributed by atoms with Crippen LogP contribution in [-0.2, 0) is 16.1 Å². The number of benzene rings is 1. The van der Waals surface area contributed by atoms with Gasteiger partial charge in [-0.2, -0.15) is 0 Å². The van der Waals surface area contributed by atoms with Gasteiger partial charge in [-0.05, 0) is 49.6 Å². The molecule has 0 radical (unpaired) electrons. The summed E-state index contributed by atoms with van der Waals surface area (Å²) in [7, 11) is 0. The molecule has 0 aliphatic carbocycles. The third-order valence-electron chi connectivity index (χ3n) is 5.68. The number of nitrogens with zero attached hydrogens (tertiary/aromatic N) is 2. The highest BCUT2D eigenvalue weighted by molar-refractivity contribution is 6.32. The van der Waals surface area contributed by atoms with Crippen LogP contribution in [0.1, 0.15) is 24.0 Å². The third kappa shape index (κ3) is 4.09. The van der Waals surface area contributed by atoms with E-state index in [1.165, 1.54) is 0 Å². The normalized spacial score (nSPS) is 21.2. The standard InChI is InChI=1S/C21H25ClN2O4/c1-14-9-19-17(11-18(14)22)16(10-20(25)28-19)13-23-4-2-3-15(12-23)21(26)24-5-7-27-8-6-24/h9-11,15H,2-8,12-13H2,1H3/t15-/m0/s1. The van der Waals surface area contributed by atoms with Crippen molar-refractivity contribution in [3.63, 3.8) is 0 Å². The first-order valence-electron chi connectivity index (χ1n) is 9.83. The van der Waals surface area contributed by atoms with Gasteiger partial charge in [-0.25, -0.2) is 4.79 Å². The molecule has 6 nitrogen and oxygen atoms in total. The lowest BCUT2D eigenvalue weighted by molar-refractivity contribution is -0.141. The first kappa shape index (κ1) is 19.4. The van der Waals surface area contributed by atoms with Crippen LogP contribution in [0, 0.1) is 12.8 Å². The molecule has 1 aromatic heterocycles. The van der Waals surface area contributed by atoms with Crippen LogP contribution in [-0.4, -0.2) is 55.1 Å². The highest BCUT2D eigenvalue weighted by atomic mass is 35.5. The zero-order chi connectivity index (χ0) is 19.7. The number of rotatable bonds is 3. The Morgan fingerprint density at radius 1 is 1.21 bits per heavy atom. The van der Waals surface area contributed by atoms with Crippen molar-refractivity contribution in [3.8, 4) is 0 Å². The minimum atomic E-state index is -0.359. The summed E-state index contributed by atoms with van der Waals surface area (Å²) in [6, 6.07) is 5.22. The van der Waals surface area contributed by atoms with Crippen molar-refractivity contribution in [1.29, 1.82) is 0 Å². The van der Waals surface area contributed by atoms with Crippen molar-refractivity contribution in [2.24, 2.45) is 5.92 Å². The van der Waals surface area contributed by atoms with Crippen LogP contribution in [0.2, 0.25) is 5.02 Å². The average Bonchev–Trinajstić information content (AvgIpc) is 2.70. The number of aryl methyl sites for hydroxylation is 1. The van der Waals surface area contributed by atoms with Crippen molar-refractivity contribution in [2.75, 3.05) is 39.4 Å². The second-order valence-corrected chi connectivity index (χ2v) is 8.11. The van der Waals surface area contributed by atoms with Gasteiger partial charge in [-0.15, -0.1) is 0 Å². The fourth-order valence-corrected chi connectivity index (χ4v) is 4.33. The molecule has 2 aliphatic rings. The van der Waals surface area contributed by atoms with Crippen LogP contribution in [0.4, 0.5) is 0 Å². The highest BCUT2D eigenvalue weighted by Crippen LogP contribution is 2.27. The number of hydrogen-bond acceptors (Lipinski definition) is 5. The summed E-state index contributed by atoms with van der Waals surface area (Å²) in [5, 5.41) is 1.51. The van der Waals surface area contributed by atoms with E-state index < -0.39 is 0 Å². The zero-order valence-corrected chi connectivity index (χ0v) is 16.8. The topological polar surface area (TPSA) is 63.0 Å². The Bertz CT molecular complexity index is 936. The molecule has 0 N–H and O–H groups in total. The van der Waals surface area contributed by atoms with E-state index in [1.54, 1.807) is 6.07 Å². The quantitative estimate of drug-likeness (QED) is 0.736. The molecule has 1 aromatic carbocycles. The molecular formula is C21H25ClN2O4. The molecule has 2 fully saturated rings. The van der Waals surface area contributed by atoms with Crippen molar-refractivity contribution in [1.82, 2.24) is 9.80 Å². The third-order valence-corrected chi connectivity index (χ3v) is 6.09. The van der Waals surface area contributed by atoms with E-state index in [1.807, 2.05) is 24.0 Å². The van der Waals surface area contributed by atoms with E-state index in [0.29, 0.717) is 50.0 Å². The zero-order valence-electron chi connectivity index (χ0n) is 16.1. The maximum absolute atomic E-state index is 12.9. The van der Waals surface area contributed by atoms with Gasteiger partial charge in [0.2, 0.25) is 5.91 Å². The summed E-state index contributed by atoms with van der Waals surface area (Å²) in [5.41, 5.74) is 1.97. The molecule has 0 spiro atoms. The smallest absolute Gasteiger partial charge is 0.336 e. The summed E-state index contributed by atoms with van der Waals surface area (Å²) in [4.78, 5) is 29.1. The molecule has 1 atom stereocenters. The number of piperidine rings is 1. The monoisotopic (exact) mass is 404 g/mol. The summed E-state index contributed by atoms with van der Waals surface area (Å²) in [5.74, 6) is 0.230. The van der Waals surface area contributed by atoms with E-state index in [9.17, 15) is 9.59 Å². The van der Waals surface area contributed by atoms with Crippen molar-refractivity contribution < 1.29 is 13.9 Å². The highest BCUT2D eigenvalue weighted by Gasteiger charge is 2.30. The van der Waals surface area contributed by atoms with E-state index in [0.717, 1.165) is 35.9 Å². The van der Waals surface area contributed by atoms with Crippen LogP contribution in [0.5, 0.6) is 0 Å². The second-order valence-electron chi connectivity index (χ2n) is 7.70. The Balaban J connectivity index is 1.53. The fourth-order valence-electron chi connectivity index (χ4n) is 4.16. The Labute approximate surface area is 169 Å². The van der Waals surface area contributed by atoms with E-state index >= 15 is 0 Å². The molecule has 7 heteroatoms. The SMILES string of the molecule is Cc1cc2oc(=O)cc(CN3CCC[C@H](C(=O)N4CCOCC4)C3)c2cc1Cl. The van der Waals surface area contributed by atoms with Gasteiger partial charge in [0.15, 0.2) is 0 Å². The lowest BCUT2D eigenvalue weighted by Gasteiger charge is -2.36. The number of carbonyl (C=O) groups excluding carboxylic acids is 1. The number of likely N-dealkylation sites (tertiary alicyclic amines) is 1. The predicted molar refractivity (Wildman–Crippen MR) is 108 cm³/mol. The van der Waals surface area contributed by atoms with Gasteiger partial charge in [0.25, 0.3) is 0 Å². The molecular weight excluding hydrogens is 380 g/mol. The predicted octanol–water partition coefficient (Wildman–Crippen LogP) is 2.83. The molecule has 150 valence electrons. The van der Waals surface area contributed by atoms with Gasteiger partial charge in [0.1, 0.15) is 5.58 Å². The average molecular weight is 405 g/mol. The summed E-state index contributed by atoms with van der Waals surface area (Å²) in [6.07, 6.45) is 1.88. The number of hydrogen-bond donors (Lipinski definition) is 0. The van der Waals surface area contributed by atoms with Crippen molar-refractivity contribution >= 4 is 28.5 Å². The number of fused-ring (bicyclic) bond motifs is 1. The number of ether oxygens (including phenoxy) is 1. The number of halogens is 1. The molecule has 2 aromatic rings. The largest absolute Gasteiger partial charge is 0.423 e. The van der Waals surface area contributed by atoms with Gasteiger partial charge < -0.3 is 14.1 Å². The number of carbonyl (C=O) groups is 1. The fraction of sp³-hybridized carbons (Fsp3) is 0.524. The molecule has 2 aliphatic heterocycles. The van der Waals surface area contributed by atoms with Gasteiger partial charge in [0.05, 0.1) is 19.1 Å². The van der Waals surface area contributed by atoms with Gasteiger partial charge >= 0.3 is 5.63 Å². The Morgan fingerprint density at radius 3 is 2.79 bits per heavy atom. The molecule has 0 bridgehead atoms. The van der Waals surface area contributed by atoms with Crippen molar-refractivity contribution in [2.45, 2.75) is 26.3 Å². The summed E-state index contributed by atoms with van der Waals surface area (Å²) < 4.78 is 10.7. The first-order valence-corrected chi connectivity index (χ1v) is 10.2. The van der Waals surface area contributed by atoms with Gasteiger partial charge in [0, 0.05) is 42.7 Å². The minimum Gasteiger partial charge on any atom is -0.423 e. The minimum absolute atomic E-state index is 0.00377. The van der Waals surface area contributed by atoms with Crippen molar-refractivity contribution in [3.05, 3.63) is 44.8 Å². The Morgan fingerprint density at radius 2 is 2.00 bits per heavy atom. The molecule has 3 heterocycles. The molecule has 4 rings (SSSR count). The maximum Gasteiger partial charge on any atom is 0.336 e. The van der Waals surface area contributed by atoms with E-state index in [2.05, 4.69) is 4.90 Å². The molecule has 0 unspecified atom stereocenters. The molecule has 0 saturated carbocycles. The van der Waals surface area contributed by atoms with Gasteiger partial charge in [-0.3, -0.25) is 9.69 Å². The lowest BCUT2D eigenvalue weighted by Crippen LogP contribution is -2.48. The molecule has 28 heavy (non-hydrogen) atoms. The Kier molecular flexibility index (Phi) is 5.71. The second kappa shape index (κ2) is 8.23. The van der Waals surface area contributed by atoms with Crippen LogP contribution < -0.4 is 5.63 Å². The first-order chi connectivity index (χ1) is 13.5. The summed E-state index contributed by atoms with van der Waals surface area (Å²) >= 11 is 6.30.